The van der Waals surface area contributed by atoms with Crippen molar-refractivity contribution < 1.29 is 17.9 Å². The van der Waals surface area contributed by atoms with Crippen LogP contribution in [0.15, 0.2) is 48.8 Å². The van der Waals surface area contributed by atoms with Gasteiger partial charge in [0.25, 0.3) is 5.91 Å². The van der Waals surface area contributed by atoms with Crippen molar-refractivity contribution in [3.05, 3.63) is 59.9 Å². The molecule has 0 unspecified atom stereocenters. The quantitative estimate of drug-likeness (QED) is 0.711. The average Bonchev–Trinajstić information content (AvgIpc) is 2.77. The van der Waals surface area contributed by atoms with E-state index in [9.17, 15) is 13.2 Å². The zero-order valence-electron chi connectivity index (χ0n) is 16.6. The lowest BCUT2D eigenvalue weighted by Crippen LogP contribution is -2.41. The number of piperidine rings is 1. The smallest absolute Gasteiger partial charge is 0.253 e. The van der Waals surface area contributed by atoms with Gasteiger partial charge in [0.2, 0.25) is 10.0 Å². The number of nitrogens with one attached hydrogen (secondary N) is 1. The van der Waals surface area contributed by atoms with E-state index in [0.29, 0.717) is 31.6 Å². The Morgan fingerprint density at radius 1 is 1.14 bits per heavy atom. The first-order valence-electron chi connectivity index (χ1n) is 9.76. The Labute approximate surface area is 172 Å². The van der Waals surface area contributed by atoms with Crippen LogP contribution in [0.4, 0.5) is 0 Å². The van der Waals surface area contributed by atoms with Gasteiger partial charge in [0, 0.05) is 37.6 Å². The highest BCUT2D eigenvalue weighted by molar-refractivity contribution is 7.89. The van der Waals surface area contributed by atoms with Crippen LogP contribution in [-0.4, -0.2) is 56.7 Å². The van der Waals surface area contributed by atoms with Gasteiger partial charge in [0.1, 0.15) is 5.75 Å². The van der Waals surface area contributed by atoms with Crippen molar-refractivity contribution in [2.75, 3.05) is 32.5 Å². The fraction of sp³-hybridized carbons (Fsp3) is 0.429. The van der Waals surface area contributed by atoms with E-state index in [1.807, 2.05) is 29.2 Å². The number of hydrogen-bond acceptors (Lipinski definition) is 5. The van der Waals surface area contributed by atoms with Crippen LogP contribution in [0.25, 0.3) is 0 Å². The molecule has 0 atom stereocenters. The number of methoxy groups -OCH3 is 1. The fourth-order valence-electron chi connectivity index (χ4n) is 3.38. The van der Waals surface area contributed by atoms with E-state index in [0.717, 1.165) is 24.2 Å². The van der Waals surface area contributed by atoms with Crippen molar-refractivity contribution in [1.82, 2.24) is 14.6 Å². The number of ether oxygens (including phenoxy) is 1. The largest absolute Gasteiger partial charge is 0.497 e. The highest BCUT2D eigenvalue weighted by atomic mass is 32.2. The molecule has 1 aromatic carbocycles. The molecule has 1 aliphatic heterocycles. The molecule has 1 aromatic heterocycles. The Kier molecular flexibility index (Phi) is 7.22. The van der Waals surface area contributed by atoms with Crippen LogP contribution in [0, 0.1) is 5.92 Å². The number of hydrogen-bond donors (Lipinski definition) is 1. The molecular formula is C21H27N3O4S. The number of aromatic nitrogens is 1. The van der Waals surface area contributed by atoms with Crippen molar-refractivity contribution in [3.63, 3.8) is 0 Å². The van der Waals surface area contributed by atoms with E-state index in [1.165, 1.54) is 0 Å². The van der Waals surface area contributed by atoms with Crippen LogP contribution in [0.5, 0.6) is 5.75 Å². The Hall–Kier alpha value is -2.45. The number of nitrogens with zero attached hydrogens (tertiary/aromatic N) is 2. The predicted octanol–water partition coefficient (Wildman–Crippen LogP) is 2.10. The molecule has 1 N–H and O–H groups in total. The summed E-state index contributed by atoms with van der Waals surface area (Å²) in [6.07, 6.45) is 5.26. The SMILES string of the molecule is COc1ccc(CCS(=O)(=O)NCC2CCN(C(=O)c3ccncc3)CC2)cc1. The van der Waals surface area contributed by atoms with Gasteiger partial charge in [-0.1, -0.05) is 12.1 Å². The van der Waals surface area contributed by atoms with Crippen molar-refractivity contribution in [1.29, 1.82) is 0 Å². The highest BCUT2D eigenvalue weighted by Crippen LogP contribution is 2.19. The molecule has 2 heterocycles. The minimum atomic E-state index is -3.34. The summed E-state index contributed by atoms with van der Waals surface area (Å²) in [5, 5.41) is 0. The third-order valence-corrected chi connectivity index (χ3v) is 6.59. The molecule has 8 heteroatoms. The summed E-state index contributed by atoms with van der Waals surface area (Å²) in [5.41, 5.74) is 1.59. The second kappa shape index (κ2) is 9.84. The van der Waals surface area contributed by atoms with Gasteiger partial charge >= 0.3 is 0 Å². The Morgan fingerprint density at radius 2 is 1.79 bits per heavy atom. The topological polar surface area (TPSA) is 88.6 Å². The molecule has 3 rings (SSSR count). The second-order valence-corrected chi connectivity index (χ2v) is 9.16. The standard InChI is InChI=1S/C21H27N3O4S/c1-28-20-4-2-17(3-5-20)10-15-29(26,27)23-16-18-8-13-24(14-9-18)21(25)19-6-11-22-12-7-19/h2-7,11-12,18,23H,8-10,13-16H2,1H3. The molecule has 0 radical (unpaired) electrons. The maximum absolute atomic E-state index is 12.5. The normalized spacial score (nSPS) is 15.3. The summed E-state index contributed by atoms with van der Waals surface area (Å²) in [5.74, 6) is 1.06. The molecule has 29 heavy (non-hydrogen) atoms. The molecule has 1 saturated heterocycles. The van der Waals surface area contributed by atoms with Gasteiger partial charge in [-0.3, -0.25) is 9.78 Å². The zero-order valence-corrected chi connectivity index (χ0v) is 17.4. The van der Waals surface area contributed by atoms with E-state index in [4.69, 9.17) is 4.74 Å². The average molecular weight is 418 g/mol. The number of rotatable bonds is 8. The fourth-order valence-corrected chi connectivity index (χ4v) is 4.52. The van der Waals surface area contributed by atoms with Gasteiger partial charge < -0.3 is 9.64 Å². The lowest BCUT2D eigenvalue weighted by molar-refractivity contribution is 0.0692. The Balaban J connectivity index is 1.41. The number of benzene rings is 1. The Morgan fingerprint density at radius 3 is 2.41 bits per heavy atom. The van der Waals surface area contributed by atoms with Crippen molar-refractivity contribution in [3.8, 4) is 5.75 Å². The number of carbonyl (C=O) groups is 1. The Bertz CT molecular complexity index is 893. The van der Waals surface area contributed by atoms with Gasteiger partial charge in [-0.05, 0) is 55.0 Å². The summed E-state index contributed by atoms with van der Waals surface area (Å²) in [6.45, 7) is 1.70. The first kappa shape index (κ1) is 21.3. The number of pyridine rings is 1. The molecule has 1 fully saturated rings. The van der Waals surface area contributed by atoms with Crippen LogP contribution in [0.1, 0.15) is 28.8 Å². The first-order valence-corrected chi connectivity index (χ1v) is 11.4. The maximum atomic E-state index is 12.5. The van der Waals surface area contributed by atoms with Gasteiger partial charge in [-0.25, -0.2) is 13.1 Å². The molecule has 2 aromatic rings. The second-order valence-electron chi connectivity index (χ2n) is 7.24. The van der Waals surface area contributed by atoms with Gasteiger partial charge in [0.15, 0.2) is 0 Å². The van der Waals surface area contributed by atoms with Gasteiger partial charge in [-0.2, -0.15) is 0 Å². The molecule has 1 aliphatic rings. The van der Waals surface area contributed by atoms with E-state index in [2.05, 4.69) is 9.71 Å². The number of sulfonamides is 1. The van der Waals surface area contributed by atoms with Crippen LogP contribution >= 0.6 is 0 Å². The zero-order chi connectivity index (χ0) is 20.7. The molecule has 156 valence electrons. The highest BCUT2D eigenvalue weighted by Gasteiger charge is 2.24. The molecule has 0 saturated carbocycles. The summed E-state index contributed by atoms with van der Waals surface area (Å²) in [4.78, 5) is 18.2. The summed E-state index contributed by atoms with van der Waals surface area (Å²) < 4.78 is 32.5. The van der Waals surface area contributed by atoms with Crippen molar-refractivity contribution in [2.24, 2.45) is 5.92 Å². The molecule has 7 nitrogen and oxygen atoms in total. The number of aryl methyl sites for hydroxylation is 1. The number of amides is 1. The first-order chi connectivity index (χ1) is 14.0. The molecule has 0 bridgehead atoms. The molecule has 0 spiro atoms. The van der Waals surface area contributed by atoms with Crippen molar-refractivity contribution in [2.45, 2.75) is 19.3 Å². The third-order valence-electron chi connectivity index (χ3n) is 5.24. The van der Waals surface area contributed by atoms with E-state index in [-0.39, 0.29) is 17.6 Å². The molecule has 1 amide bonds. The minimum Gasteiger partial charge on any atom is -0.497 e. The van der Waals surface area contributed by atoms with Crippen molar-refractivity contribution >= 4 is 15.9 Å². The maximum Gasteiger partial charge on any atom is 0.253 e. The van der Waals surface area contributed by atoms with Crippen LogP contribution in [0.2, 0.25) is 0 Å². The van der Waals surface area contributed by atoms with Gasteiger partial charge in [-0.15, -0.1) is 0 Å². The summed E-state index contributed by atoms with van der Waals surface area (Å²) in [7, 11) is -1.74. The van der Waals surface area contributed by atoms with Crippen LogP contribution in [-0.2, 0) is 16.4 Å². The van der Waals surface area contributed by atoms with Gasteiger partial charge in [0.05, 0.1) is 12.9 Å². The monoisotopic (exact) mass is 417 g/mol. The van der Waals surface area contributed by atoms with Crippen LogP contribution in [0.3, 0.4) is 0 Å². The number of likely N-dealkylation sites (tertiary alicyclic amines) is 1. The summed E-state index contributed by atoms with van der Waals surface area (Å²) >= 11 is 0. The lowest BCUT2D eigenvalue weighted by atomic mass is 9.97. The molecular weight excluding hydrogens is 390 g/mol. The predicted molar refractivity (Wildman–Crippen MR) is 111 cm³/mol. The third kappa shape index (κ3) is 6.27. The van der Waals surface area contributed by atoms with E-state index < -0.39 is 10.0 Å². The minimum absolute atomic E-state index is 0.00548. The van der Waals surface area contributed by atoms with E-state index in [1.54, 1.807) is 31.6 Å². The molecule has 0 aliphatic carbocycles. The summed E-state index contributed by atoms with van der Waals surface area (Å²) in [6, 6.07) is 10.8. The van der Waals surface area contributed by atoms with Crippen LogP contribution < -0.4 is 9.46 Å². The lowest BCUT2D eigenvalue weighted by Gasteiger charge is -2.32. The number of carbonyl (C=O) groups excluding carboxylic acids is 1. The van der Waals surface area contributed by atoms with E-state index >= 15 is 0 Å².